The molecule has 1 saturated heterocycles. The Morgan fingerprint density at radius 2 is 1.79 bits per heavy atom. The number of hydrogen-bond acceptors (Lipinski definition) is 4. The molecule has 0 radical (unpaired) electrons. The van der Waals surface area contributed by atoms with E-state index in [-0.39, 0.29) is 29.3 Å². The third-order valence-electron chi connectivity index (χ3n) is 6.30. The second-order valence-electron chi connectivity index (χ2n) is 8.34. The monoisotopic (exact) mass is 421 g/mol. The summed E-state index contributed by atoms with van der Waals surface area (Å²) in [5, 5.41) is 2.61. The second-order valence-corrected chi connectivity index (χ2v) is 10.4. The molecule has 0 bridgehead atoms. The molecule has 2 aliphatic rings. The van der Waals surface area contributed by atoms with Gasteiger partial charge in [-0.15, -0.1) is 0 Å². The zero-order valence-corrected chi connectivity index (χ0v) is 18.2. The Hall–Kier alpha value is -1.93. The van der Waals surface area contributed by atoms with E-state index in [1.54, 1.807) is 12.1 Å². The number of rotatable bonds is 5. The van der Waals surface area contributed by atoms with Crippen molar-refractivity contribution in [3.8, 4) is 0 Å². The SMILES string of the molecule is CC(=O)Nc1ccc(S(=O)(=O)N(C)CC(=O)N2CC[C@H](C)[C@@H]3CCCC[C@@H]32)cc1. The van der Waals surface area contributed by atoms with Crippen molar-refractivity contribution in [2.24, 2.45) is 11.8 Å². The van der Waals surface area contributed by atoms with Crippen molar-refractivity contribution in [3.63, 3.8) is 0 Å². The third-order valence-corrected chi connectivity index (χ3v) is 8.12. The van der Waals surface area contributed by atoms with Gasteiger partial charge >= 0.3 is 0 Å². The van der Waals surface area contributed by atoms with Crippen LogP contribution >= 0.6 is 0 Å². The van der Waals surface area contributed by atoms with Gasteiger partial charge in [0.2, 0.25) is 21.8 Å². The molecule has 7 nitrogen and oxygen atoms in total. The summed E-state index contributed by atoms with van der Waals surface area (Å²) >= 11 is 0. The number of likely N-dealkylation sites (N-methyl/N-ethyl adjacent to an activating group) is 1. The van der Waals surface area contributed by atoms with Gasteiger partial charge in [-0.05, 0) is 55.4 Å². The highest BCUT2D eigenvalue weighted by molar-refractivity contribution is 7.89. The molecule has 1 aliphatic carbocycles. The van der Waals surface area contributed by atoms with E-state index in [0.717, 1.165) is 30.0 Å². The first-order valence-corrected chi connectivity index (χ1v) is 11.8. The van der Waals surface area contributed by atoms with Crippen molar-refractivity contribution in [2.75, 3.05) is 25.5 Å². The quantitative estimate of drug-likeness (QED) is 0.792. The number of anilines is 1. The van der Waals surface area contributed by atoms with Crippen LogP contribution in [0.2, 0.25) is 0 Å². The van der Waals surface area contributed by atoms with Crippen LogP contribution in [0.25, 0.3) is 0 Å². The third kappa shape index (κ3) is 4.80. The topological polar surface area (TPSA) is 86.8 Å². The molecule has 29 heavy (non-hydrogen) atoms. The van der Waals surface area contributed by atoms with Crippen molar-refractivity contribution >= 4 is 27.5 Å². The van der Waals surface area contributed by atoms with Gasteiger partial charge in [0.1, 0.15) is 0 Å². The van der Waals surface area contributed by atoms with Crippen LogP contribution in [0.4, 0.5) is 5.69 Å². The minimum atomic E-state index is -3.78. The molecule has 3 rings (SSSR count). The lowest BCUT2D eigenvalue weighted by Crippen LogP contribution is -2.54. The van der Waals surface area contributed by atoms with Crippen LogP contribution in [-0.2, 0) is 19.6 Å². The van der Waals surface area contributed by atoms with Gasteiger partial charge in [-0.2, -0.15) is 4.31 Å². The van der Waals surface area contributed by atoms with Crippen LogP contribution in [0.3, 0.4) is 0 Å². The standard InChI is InChI=1S/C21H31N3O4S/c1-15-12-13-24(20-7-5-4-6-19(15)20)21(26)14-23(3)29(27,28)18-10-8-17(9-11-18)22-16(2)25/h8-11,15,19-20H,4-7,12-14H2,1-3H3,(H,22,25)/t15-,19-,20-/m0/s1. The Kier molecular flexibility index (Phi) is 6.63. The lowest BCUT2D eigenvalue weighted by atomic mass is 9.72. The number of carbonyl (C=O) groups excluding carboxylic acids is 2. The van der Waals surface area contributed by atoms with E-state index in [2.05, 4.69) is 12.2 Å². The summed E-state index contributed by atoms with van der Waals surface area (Å²) < 4.78 is 26.9. The van der Waals surface area contributed by atoms with Gasteiger partial charge in [-0.25, -0.2) is 8.42 Å². The maximum Gasteiger partial charge on any atom is 0.243 e. The van der Waals surface area contributed by atoms with Crippen LogP contribution in [0.5, 0.6) is 0 Å². The second kappa shape index (κ2) is 8.83. The minimum Gasteiger partial charge on any atom is -0.338 e. The Balaban J connectivity index is 1.68. The summed E-state index contributed by atoms with van der Waals surface area (Å²) in [4.78, 5) is 26.1. The average molecular weight is 422 g/mol. The van der Waals surface area contributed by atoms with Gasteiger partial charge in [0, 0.05) is 32.2 Å². The molecule has 0 aromatic heterocycles. The first-order chi connectivity index (χ1) is 13.7. The van der Waals surface area contributed by atoms with Crippen LogP contribution in [0.15, 0.2) is 29.2 Å². The summed E-state index contributed by atoms with van der Waals surface area (Å²) in [7, 11) is -2.34. The van der Waals surface area contributed by atoms with Crippen LogP contribution in [-0.4, -0.2) is 55.6 Å². The number of benzene rings is 1. The summed E-state index contributed by atoms with van der Waals surface area (Å²) in [6, 6.07) is 6.22. The van der Waals surface area contributed by atoms with Crippen molar-refractivity contribution in [1.29, 1.82) is 0 Å². The molecule has 160 valence electrons. The van der Waals surface area contributed by atoms with Crippen molar-refractivity contribution < 1.29 is 18.0 Å². The fourth-order valence-electron chi connectivity index (χ4n) is 4.68. The van der Waals surface area contributed by atoms with Crippen molar-refractivity contribution in [1.82, 2.24) is 9.21 Å². The smallest absolute Gasteiger partial charge is 0.243 e. The van der Waals surface area contributed by atoms with E-state index in [0.29, 0.717) is 24.1 Å². The first-order valence-electron chi connectivity index (χ1n) is 10.3. The zero-order valence-electron chi connectivity index (χ0n) is 17.4. The lowest BCUT2D eigenvalue weighted by molar-refractivity contribution is -0.139. The van der Waals surface area contributed by atoms with Crippen molar-refractivity contribution in [2.45, 2.75) is 56.9 Å². The highest BCUT2D eigenvalue weighted by Gasteiger charge is 2.40. The van der Waals surface area contributed by atoms with E-state index < -0.39 is 10.0 Å². The molecule has 2 amide bonds. The number of sulfonamides is 1. The average Bonchev–Trinajstić information content (AvgIpc) is 2.68. The summed E-state index contributed by atoms with van der Waals surface area (Å²) in [5.74, 6) is 0.813. The van der Waals surface area contributed by atoms with Crippen LogP contribution < -0.4 is 5.32 Å². The minimum absolute atomic E-state index is 0.102. The van der Waals surface area contributed by atoms with Gasteiger partial charge in [-0.1, -0.05) is 19.8 Å². The predicted molar refractivity (Wildman–Crippen MR) is 112 cm³/mol. The zero-order chi connectivity index (χ0) is 21.2. The lowest BCUT2D eigenvalue weighted by Gasteiger charge is -2.47. The summed E-state index contributed by atoms with van der Waals surface area (Å²) in [5.41, 5.74) is 0.529. The number of piperidine rings is 1. The Labute approximate surface area is 173 Å². The molecule has 1 N–H and O–H groups in total. The Bertz CT molecular complexity index is 853. The number of likely N-dealkylation sites (tertiary alicyclic amines) is 1. The molecular weight excluding hydrogens is 390 g/mol. The highest BCUT2D eigenvalue weighted by Crippen LogP contribution is 2.38. The largest absolute Gasteiger partial charge is 0.338 e. The molecule has 2 fully saturated rings. The molecule has 3 atom stereocenters. The van der Waals surface area contributed by atoms with Crippen LogP contribution in [0, 0.1) is 11.8 Å². The van der Waals surface area contributed by atoms with E-state index in [9.17, 15) is 18.0 Å². The van der Waals surface area contributed by atoms with E-state index in [4.69, 9.17) is 0 Å². The number of nitrogens with one attached hydrogen (secondary N) is 1. The summed E-state index contributed by atoms with van der Waals surface area (Å²) in [6.07, 6.45) is 5.50. The molecule has 1 aliphatic heterocycles. The fourth-order valence-corrected chi connectivity index (χ4v) is 5.80. The Morgan fingerprint density at radius 3 is 2.45 bits per heavy atom. The van der Waals surface area contributed by atoms with Gasteiger partial charge in [0.25, 0.3) is 0 Å². The number of nitrogens with zero attached hydrogens (tertiary/aromatic N) is 2. The molecule has 0 spiro atoms. The number of carbonyl (C=O) groups is 2. The molecule has 1 aromatic rings. The molecule has 0 unspecified atom stereocenters. The summed E-state index contributed by atoms with van der Waals surface area (Å²) in [6.45, 7) is 4.21. The highest BCUT2D eigenvalue weighted by atomic mass is 32.2. The predicted octanol–water partition coefficient (Wildman–Crippen LogP) is 2.69. The normalized spacial score (nSPS) is 24.8. The number of hydrogen-bond donors (Lipinski definition) is 1. The van der Waals surface area contributed by atoms with Gasteiger partial charge in [0.15, 0.2) is 0 Å². The van der Waals surface area contributed by atoms with Gasteiger partial charge in [0.05, 0.1) is 11.4 Å². The first kappa shape index (κ1) is 21.8. The maximum absolute atomic E-state index is 13.0. The van der Waals surface area contributed by atoms with Gasteiger partial charge < -0.3 is 10.2 Å². The maximum atomic E-state index is 13.0. The molecular formula is C21H31N3O4S. The van der Waals surface area contributed by atoms with E-state index >= 15 is 0 Å². The van der Waals surface area contributed by atoms with Crippen molar-refractivity contribution in [3.05, 3.63) is 24.3 Å². The molecule has 1 saturated carbocycles. The fraction of sp³-hybridized carbons (Fsp3) is 0.619. The number of fused-ring (bicyclic) bond motifs is 1. The van der Waals surface area contributed by atoms with Crippen LogP contribution in [0.1, 0.15) is 46.0 Å². The van der Waals surface area contributed by atoms with E-state index in [1.165, 1.54) is 32.5 Å². The van der Waals surface area contributed by atoms with Gasteiger partial charge in [-0.3, -0.25) is 9.59 Å². The molecule has 8 heteroatoms. The molecule has 1 heterocycles. The number of amides is 2. The molecule has 1 aromatic carbocycles. The Morgan fingerprint density at radius 1 is 1.14 bits per heavy atom. The van der Waals surface area contributed by atoms with E-state index in [1.807, 2.05) is 4.90 Å².